The summed E-state index contributed by atoms with van der Waals surface area (Å²) in [5.41, 5.74) is 1.56. The van der Waals surface area contributed by atoms with Gasteiger partial charge >= 0.3 is 0 Å². The van der Waals surface area contributed by atoms with Crippen LogP contribution >= 0.6 is 11.3 Å². The second-order valence-electron chi connectivity index (χ2n) is 6.71. The molecule has 0 unspecified atom stereocenters. The van der Waals surface area contributed by atoms with E-state index in [-0.39, 0.29) is 11.8 Å². The Labute approximate surface area is 161 Å². The van der Waals surface area contributed by atoms with E-state index in [2.05, 4.69) is 30.7 Å². The minimum Gasteiger partial charge on any atom is -0.326 e. The second kappa shape index (κ2) is 7.93. The van der Waals surface area contributed by atoms with Crippen LogP contribution in [0.5, 0.6) is 0 Å². The Bertz CT molecular complexity index is 908. The van der Waals surface area contributed by atoms with Gasteiger partial charge in [-0.15, -0.1) is 16.4 Å². The Hall–Kier alpha value is -2.65. The molecule has 4 rings (SSSR count). The number of likely N-dealkylation sites (tertiary alicyclic amines) is 1. The zero-order valence-corrected chi connectivity index (χ0v) is 15.9. The number of carbonyl (C=O) groups is 1. The molecule has 1 aromatic carbocycles. The maximum Gasteiger partial charge on any atom is 0.228 e. The molecule has 1 fully saturated rings. The van der Waals surface area contributed by atoms with E-state index in [0.717, 1.165) is 48.9 Å². The van der Waals surface area contributed by atoms with E-state index in [1.54, 1.807) is 16.0 Å². The lowest BCUT2D eigenvalue weighted by atomic mass is 9.97. The number of aromatic nitrogens is 5. The van der Waals surface area contributed by atoms with Crippen molar-refractivity contribution in [1.82, 2.24) is 30.1 Å². The molecule has 3 aromatic rings. The molecule has 0 aliphatic carbocycles. The molecule has 1 aliphatic heterocycles. The largest absolute Gasteiger partial charge is 0.326 e. The van der Waals surface area contributed by atoms with E-state index in [0.29, 0.717) is 0 Å². The van der Waals surface area contributed by atoms with Gasteiger partial charge in [-0.1, -0.05) is 6.07 Å². The van der Waals surface area contributed by atoms with Crippen LogP contribution in [-0.4, -0.2) is 49.1 Å². The van der Waals surface area contributed by atoms with Crippen LogP contribution in [0.2, 0.25) is 0 Å². The predicted molar refractivity (Wildman–Crippen MR) is 103 cm³/mol. The molecule has 1 saturated heterocycles. The third-order valence-electron chi connectivity index (χ3n) is 4.65. The zero-order chi connectivity index (χ0) is 18.6. The molecule has 0 radical (unpaired) electrons. The van der Waals surface area contributed by atoms with Crippen LogP contribution in [0.15, 0.2) is 36.8 Å². The molecular weight excluding hydrogens is 362 g/mol. The summed E-state index contributed by atoms with van der Waals surface area (Å²) in [6.07, 6.45) is 5.41. The molecule has 1 N–H and O–H groups in total. The number of anilines is 1. The van der Waals surface area contributed by atoms with Crippen molar-refractivity contribution in [3.05, 3.63) is 46.7 Å². The van der Waals surface area contributed by atoms with Gasteiger partial charge in [0.05, 0.1) is 16.6 Å². The van der Waals surface area contributed by atoms with Crippen molar-refractivity contribution in [2.24, 2.45) is 5.92 Å². The Morgan fingerprint density at radius 2 is 2.33 bits per heavy atom. The number of benzene rings is 1. The van der Waals surface area contributed by atoms with E-state index in [1.807, 2.05) is 37.4 Å². The van der Waals surface area contributed by atoms with Crippen molar-refractivity contribution < 1.29 is 4.79 Å². The van der Waals surface area contributed by atoms with Gasteiger partial charge in [0.1, 0.15) is 6.33 Å². The zero-order valence-electron chi connectivity index (χ0n) is 15.1. The normalized spacial score (nSPS) is 17.7. The Balaban J connectivity index is 1.38. The fraction of sp³-hybridized carbons (Fsp3) is 0.389. The van der Waals surface area contributed by atoms with Crippen LogP contribution in [0, 0.1) is 12.8 Å². The first-order chi connectivity index (χ1) is 13.2. The lowest BCUT2D eigenvalue weighted by Crippen LogP contribution is -2.40. The highest BCUT2D eigenvalue weighted by Gasteiger charge is 2.26. The molecule has 1 amide bonds. The standard InChI is InChI=1S/C18H21N7OS/c1-13-19-9-17(27-13)11-24-7-3-4-14(10-24)18(26)21-15-5-2-6-16(8-15)25-12-20-22-23-25/h2,5-6,8-9,12,14H,3-4,7,10-11H2,1H3,(H,21,26)/t14-/m0/s1. The number of rotatable bonds is 5. The number of tetrazole rings is 1. The number of aryl methyl sites for hydroxylation is 1. The second-order valence-corrected chi connectivity index (χ2v) is 8.03. The number of nitrogens with one attached hydrogen (secondary N) is 1. The van der Waals surface area contributed by atoms with Gasteiger partial charge in [-0.25, -0.2) is 9.67 Å². The first kappa shape index (κ1) is 17.7. The van der Waals surface area contributed by atoms with Crippen LogP contribution in [0.3, 0.4) is 0 Å². The quantitative estimate of drug-likeness (QED) is 0.727. The van der Waals surface area contributed by atoms with Crippen LogP contribution in [0.1, 0.15) is 22.7 Å². The van der Waals surface area contributed by atoms with E-state index < -0.39 is 0 Å². The average molecular weight is 383 g/mol. The van der Waals surface area contributed by atoms with E-state index in [4.69, 9.17) is 0 Å². The topological polar surface area (TPSA) is 88.8 Å². The number of nitrogens with zero attached hydrogens (tertiary/aromatic N) is 6. The summed E-state index contributed by atoms with van der Waals surface area (Å²) in [5.74, 6) is 0.0542. The number of carbonyl (C=O) groups excluding carboxylic acids is 1. The minimum atomic E-state index is -0.00976. The van der Waals surface area contributed by atoms with Crippen molar-refractivity contribution in [2.45, 2.75) is 26.3 Å². The van der Waals surface area contributed by atoms with Crippen molar-refractivity contribution in [3.8, 4) is 5.69 Å². The summed E-state index contributed by atoms with van der Waals surface area (Å²) in [5, 5.41) is 15.3. The van der Waals surface area contributed by atoms with Gasteiger partial charge in [-0.3, -0.25) is 9.69 Å². The third kappa shape index (κ3) is 4.37. The molecule has 1 aliphatic rings. The number of amides is 1. The molecule has 140 valence electrons. The van der Waals surface area contributed by atoms with Crippen molar-refractivity contribution in [2.75, 3.05) is 18.4 Å². The summed E-state index contributed by atoms with van der Waals surface area (Å²) >= 11 is 1.72. The molecule has 27 heavy (non-hydrogen) atoms. The predicted octanol–water partition coefficient (Wildman–Crippen LogP) is 2.28. The maximum atomic E-state index is 12.8. The van der Waals surface area contributed by atoms with Crippen molar-refractivity contribution >= 4 is 22.9 Å². The van der Waals surface area contributed by atoms with Gasteiger partial charge < -0.3 is 5.32 Å². The Morgan fingerprint density at radius 3 is 3.11 bits per heavy atom. The van der Waals surface area contributed by atoms with Crippen LogP contribution in [0.25, 0.3) is 5.69 Å². The minimum absolute atomic E-state index is 0.00976. The van der Waals surface area contributed by atoms with Crippen molar-refractivity contribution in [3.63, 3.8) is 0 Å². The molecule has 8 nitrogen and oxygen atoms in total. The number of hydrogen-bond acceptors (Lipinski definition) is 7. The summed E-state index contributed by atoms with van der Waals surface area (Å²) in [7, 11) is 0. The van der Waals surface area contributed by atoms with Gasteiger partial charge in [0.25, 0.3) is 0 Å². The smallest absolute Gasteiger partial charge is 0.228 e. The third-order valence-corrected chi connectivity index (χ3v) is 5.55. The van der Waals surface area contributed by atoms with Crippen LogP contribution < -0.4 is 5.32 Å². The van der Waals surface area contributed by atoms with Crippen molar-refractivity contribution in [1.29, 1.82) is 0 Å². The number of thiazole rings is 1. The summed E-state index contributed by atoms with van der Waals surface area (Å²) in [6, 6.07) is 7.53. The van der Waals surface area contributed by atoms with E-state index in [9.17, 15) is 4.79 Å². The van der Waals surface area contributed by atoms with E-state index >= 15 is 0 Å². The average Bonchev–Trinajstić information content (AvgIpc) is 3.34. The first-order valence-corrected chi connectivity index (χ1v) is 9.77. The fourth-order valence-corrected chi connectivity index (χ4v) is 4.20. The first-order valence-electron chi connectivity index (χ1n) is 8.95. The highest BCUT2D eigenvalue weighted by Crippen LogP contribution is 2.23. The fourth-order valence-electron chi connectivity index (χ4n) is 3.36. The SMILES string of the molecule is Cc1ncc(CN2CCC[C@H](C(=O)Nc3cccc(-n4cnnn4)c3)C2)s1. The van der Waals surface area contributed by atoms with Gasteiger partial charge in [0.2, 0.25) is 5.91 Å². The molecule has 9 heteroatoms. The lowest BCUT2D eigenvalue weighted by molar-refractivity contribution is -0.121. The molecule has 0 saturated carbocycles. The van der Waals surface area contributed by atoms with Crippen LogP contribution in [0.4, 0.5) is 5.69 Å². The molecule has 0 bridgehead atoms. The Kier molecular flexibility index (Phi) is 5.21. The van der Waals surface area contributed by atoms with E-state index in [1.165, 1.54) is 11.2 Å². The highest BCUT2D eigenvalue weighted by atomic mass is 32.1. The monoisotopic (exact) mass is 383 g/mol. The summed E-state index contributed by atoms with van der Waals surface area (Å²) < 4.78 is 1.56. The Morgan fingerprint density at radius 1 is 1.41 bits per heavy atom. The molecule has 2 aromatic heterocycles. The van der Waals surface area contributed by atoms with Gasteiger partial charge in [-0.05, 0) is 54.9 Å². The lowest BCUT2D eigenvalue weighted by Gasteiger charge is -2.31. The molecule has 1 atom stereocenters. The van der Waals surface area contributed by atoms with Gasteiger partial charge in [-0.2, -0.15) is 0 Å². The highest BCUT2D eigenvalue weighted by molar-refractivity contribution is 7.11. The van der Waals surface area contributed by atoms with Gasteiger partial charge in [0, 0.05) is 29.9 Å². The van der Waals surface area contributed by atoms with Gasteiger partial charge in [0.15, 0.2) is 0 Å². The maximum absolute atomic E-state index is 12.8. The molecule has 3 heterocycles. The number of hydrogen-bond donors (Lipinski definition) is 1. The summed E-state index contributed by atoms with van der Waals surface area (Å²) in [6.45, 7) is 4.68. The molecule has 0 spiro atoms. The summed E-state index contributed by atoms with van der Waals surface area (Å²) in [4.78, 5) is 20.7. The van der Waals surface area contributed by atoms with Crippen LogP contribution in [-0.2, 0) is 11.3 Å². The molecular formula is C18H21N7OS. The number of piperidine rings is 1.